The first-order chi connectivity index (χ1) is 9.32. The van der Waals surface area contributed by atoms with Crippen LogP contribution in [0.3, 0.4) is 0 Å². The quantitative estimate of drug-likeness (QED) is 0.822. The van der Waals surface area contributed by atoms with E-state index < -0.39 is 5.60 Å². The third-order valence-electron chi connectivity index (χ3n) is 6.49. The minimum Gasteiger partial charge on any atom is -0.389 e. The Morgan fingerprint density at radius 2 is 1.60 bits per heavy atom. The van der Waals surface area contributed by atoms with Crippen molar-refractivity contribution in [3.63, 3.8) is 0 Å². The third-order valence-corrected chi connectivity index (χ3v) is 6.49. The van der Waals surface area contributed by atoms with Crippen molar-refractivity contribution in [2.24, 2.45) is 34.8 Å². The summed E-state index contributed by atoms with van der Waals surface area (Å²) in [5.41, 5.74) is 5.68. The summed E-state index contributed by atoms with van der Waals surface area (Å²) in [6.45, 7) is 9.92. The van der Waals surface area contributed by atoms with Crippen LogP contribution < -0.4 is 5.73 Å². The lowest BCUT2D eigenvalue weighted by molar-refractivity contribution is -0.147. The molecule has 0 heterocycles. The summed E-state index contributed by atoms with van der Waals surface area (Å²) in [6, 6.07) is 0. The van der Waals surface area contributed by atoms with Crippen molar-refractivity contribution in [3.8, 4) is 0 Å². The summed E-state index contributed by atoms with van der Waals surface area (Å²) in [6.07, 6.45) is 7.93. The van der Waals surface area contributed by atoms with Gasteiger partial charge in [0.05, 0.1) is 5.60 Å². The second-order valence-corrected chi connectivity index (χ2v) is 8.45. The Balaban J connectivity index is 2.15. The maximum atomic E-state index is 11.4. The fourth-order valence-electron chi connectivity index (χ4n) is 5.24. The molecule has 2 aliphatic carbocycles. The van der Waals surface area contributed by atoms with Crippen molar-refractivity contribution >= 4 is 0 Å². The van der Waals surface area contributed by atoms with E-state index in [9.17, 15) is 5.11 Å². The van der Waals surface area contributed by atoms with Crippen LogP contribution in [-0.4, -0.2) is 17.3 Å². The maximum absolute atomic E-state index is 11.4. The van der Waals surface area contributed by atoms with E-state index in [0.717, 1.165) is 37.5 Å². The molecule has 2 heteroatoms. The molecule has 2 aliphatic rings. The largest absolute Gasteiger partial charge is 0.389 e. The molecule has 2 unspecified atom stereocenters. The third kappa shape index (κ3) is 2.92. The Hall–Kier alpha value is -0.0800. The molecule has 0 spiro atoms. The van der Waals surface area contributed by atoms with Crippen LogP contribution in [0.15, 0.2) is 0 Å². The Kier molecular flexibility index (Phi) is 4.86. The zero-order chi connectivity index (χ0) is 15.0. The highest BCUT2D eigenvalue weighted by Gasteiger charge is 2.53. The van der Waals surface area contributed by atoms with Gasteiger partial charge < -0.3 is 10.8 Å². The van der Waals surface area contributed by atoms with Crippen molar-refractivity contribution in [2.75, 3.05) is 6.54 Å². The van der Waals surface area contributed by atoms with Gasteiger partial charge in [0.15, 0.2) is 0 Å². The van der Waals surface area contributed by atoms with Crippen molar-refractivity contribution in [1.29, 1.82) is 0 Å². The standard InChI is InChI=1S/C18H35NO/c1-13(2)16-5-7-17(12-19,8-6-16)18(20)10-14(3)9-15(4)11-18/h13-16,20H,5-12,19H2,1-4H3. The van der Waals surface area contributed by atoms with Crippen LogP contribution in [0.5, 0.6) is 0 Å². The molecule has 2 atom stereocenters. The lowest BCUT2D eigenvalue weighted by Crippen LogP contribution is -2.57. The van der Waals surface area contributed by atoms with Gasteiger partial charge in [-0.05, 0) is 68.6 Å². The predicted octanol–water partition coefficient (Wildman–Crippen LogP) is 3.96. The molecule has 2 rings (SSSR count). The van der Waals surface area contributed by atoms with Gasteiger partial charge in [0.1, 0.15) is 0 Å². The van der Waals surface area contributed by atoms with Crippen molar-refractivity contribution in [2.45, 2.75) is 78.2 Å². The highest BCUT2D eigenvalue weighted by molar-refractivity contribution is 5.05. The lowest BCUT2D eigenvalue weighted by Gasteiger charge is -2.55. The summed E-state index contributed by atoms with van der Waals surface area (Å²) in [5, 5.41) is 11.4. The first-order valence-corrected chi connectivity index (χ1v) is 8.74. The van der Waals surface area contributed by atoms with Crippen LogP contribution in [0, 0.1) is 29.1 Å². The van der Waals surface area contributed by atoms with Gasteiger partial charge in [0, 0.05) is 12.0 Å². The Labute approximate surface area is 125 Å². The summed E-state index contributed by atoms with van der Waals surface area (Å²) in [5.74, 6) is 2.87. The predicted molar refractivity (Wildman–Crippen MR) is 85.4 cm³/mol. The average molecular weight is 281 g/mol. The van der Waals surface area contributed by atoms with Crippen LogP contribution in [0.2, 0.25) is 0 Å². The first kappa shape index (κ1) is 16.3. The summed E-state index contributed by atoms with van der Waals surface area (Å²) in [4.78, 5) is 0. The zero-order valence-corrected chi connectivity index (χ0v) is 14.0. The Bertz CT molecular complexity index is 307. The van der Waals surface area contributed by atoms with Gasteiger partial charge in [-0.25, -0.2) is 0 Å². The van der Waals surface area contributed by atoms with Gasteiger partial charge in [-0.2, -0.15) is 0 Å². The van der Waals surface area contributed by atoms with E-state index in [4.69, 9.17) is 5.73 Å². The Morgan fingerprint density at radius 1 is 1.10 bits per heavy atom. The maximum Gasteiger partial charge on any atom is 0.0720 e. The van der Waals surface area contributed by atoms with E-state index in [1.54, 1.807) is 0 Å². The zero-order valence-electron chi connectivity index (χ0n) is 14.0. The van der Waals surface area contributed by atoms with E-state index in [-0.39, 0.29) is 5.41 Å². The number of hydrogen-bond acceptors (Lipinski definition) is 2. The normalized spacial score (nSPS) is 46.6. The van der Waals surface area contributed by atoms with Gasteiger partial charge in [0.2, 0.25) is 0 Å². The molecule has 0 aromatic rings. The number of nitrogens with two attached hydrogens (primary N) is 1. The highest BCUT2D eigenvalue weighted by Crippen LogP contribution is 2.54. The lowest BCUT2D eigenvalue weighted by atomic mass is 9.54. The molecular formula is C18H35NO. The van der Waals surface area contributed by atoms with Crippen molar-refractivity contribution < 1.29 is 5.11 Å². The molecule has 3 N–H and O–H groups in total. The fraction of sp³-hybridized carbons (Fsp3) is 1.00. The molecule has 0 aliphatic heterocycles. The molecule has 2 saturated carbocycles. The van der Waals surface area contributed by atoms with Crippen molar-refractivity contribution in [3.05, 3.63) is 0 Å². The molecular weight excluding hydrogens is 246 g/mol. The second-order valence-electron chi connectivity index (χ2n) is 8.45. The molecule has 2 fully saturated rings. The SMILES string of the molecule is CC1CC(C)CC(O)(C2(CN)CCC(C(C)C)CC2)C1. The second kappa shape index (κ2) is 5.96. The first-order valence-electron chi connectivity index (χ1n) is 8.74. The highest BCUT2D eigenvalue weighted by atomic mass is 16.3. The number of aliphatic hydroxyl groups is 1. The summed E-state index contributed by atoms with van der Waals surface area (Å²) in [7, 11) is 0. The smallest absolute Gasteiger partial charge is 0.0720 e. The summed E-state index contributed by atoms with van der Waals surface area (Å²) < 4.78 is 0. The number of hydrogen-bond donors (Lipinski definition) is 2. The van der Waals surface area contributed by atoms with Crippen molar-refractivity contribution in [1.82, 2.24) is 0 Å². The van der Waals surface area contributed by atoms with E-state index >= 15 is 0 Å². The van der Waals surface area contributed by atoms with E-state index in [0.29, 0.717) is 18.4 Å². The molecule has 0 amide bonds. The van der Waals surface area contributed by atoms with Crippen LogP contribution >= 0.6 is 0 Å². The molecule has 0 saturated heterocycles. The monoisotopic (exact) mass is 281 g/mol. The van der Waals surface area contributed by atoms with Crippen LogP contribution in [0.4, 0.5) is 0 Å². The minimum atomic E-state index is -0.513. The molecule has 118 valence electrons. The van der Waals surface area contributed by atoms with E-state index in [2.05, 4.69) is 27.7 Å². The van der Waals surface area contributed by atoms with Gasteiger partial charge in [-0.15, -0.1) is 0 Å². The van der Waals surface area contributed by atoms with Crippen LogP contribution in [0.25, 0.3) is 0 Å². The summed E-state index contributed by atoms with van der Waals surface area (Å²) >= 11 is 0. The Morgan fingerprint density at radius 3 is 2.00 bits per heavy atom. The average Bonchev–Trinajstić information content (AvgIpc) is 2.36. The molecule has 20 heavy (non-hydrogen) atoms. The topological polar surface area (TPSA) is 46.2 Å². The number of rotatable bonds is 3. The fourth-order valence-corrected chi connectivity index (χ4v) is 5.24. The van der Waals surface area contributed by atoms with Crippen LogP contribution in [-0.2, 0) is 0 Å². The van der Waals surface area contributed by atoms with E-state index in [1.165, 1.54) is 19.3 Å². The van der Waals surface area contributed by atoms with Crippen LogP contribution in [0.1, 0.15) is 72.6 Å². The van der Waals surface area contributed by atoms with Gasteiger partial charge in [0.25, 0.3) is 0 Å². The van der Waals surface area contributed by atoms with Gasteiger partial charge in [-0.3, -0.25) is 0 Å². The molecule has 0 radical (unpaired) electrons. The van der Waals surface area contributed by atoms with Gasteiger partial charge >= 0.3 is 0 Å². The van der Waals surface area contributed by atoms with E-state index in [1.807, 2.05) is 0 Å². The molecule has 2 nitrogen and oxygen atoms in total. The minimum absolute atomic E-state index is 0.0126. The molecule has 0 aromatic carbocycles. The van der Waals surface area contributed by atoms with Gasteiger partial charge in [-0.1, -0.05) is 27.7 Å². The molecule has 0 aromatic heterocycles. The molecule has 0 bridgehead atoms.